The second kappa shape index (κ2) is 5.84. The van der Waals surface area contributed by atoms with Crippen LogP contribution in [-0.2, 0) is 0 Å². The SMILES string of the molecule is COc1ccnc(-n2cc(C(=O)c3cc(F)ccc3O)cn2)n1. The van der Waals surface area contributed by atoms with E-state index in [0.29, 0.717) is 5.88 Å². The zero-order chi connectivity index (χ0) is 16.4. The molecule has 2 heterocycles. The Labute approximate surface area is 130 Å². The third kappa shape index (κ3) is 2.86. The number of nitrogens with zero attached hydrogens (tertiary/aromatic N) is 4. The van der Waals surface area contributed by atoms with Crippen molar-refractivity contribution in [2.75, 3.05) is 7.11 Å². The molecule has 8 heteroatoms. The normalized spacial score (nSPS) is 10.5. The molecule has 0 saturated carbocycles. The number of ether oxygens (including phenoxy) is 1. The van der Waals surface area contributed by atoms with E-state index >= 15 is 0 Å². The first-order valence-corrected chi connectivity index (χ1v) is 6.54. The number of carbonyl (C=O) groups is 1. The Hall–Kier alpha value is -3.29. The van der Waals surface area contributed by atoms with Crippen LogP contribution in [0.25, 0.3) is 5.95 Å². The summed E-state index contributed by atoms with van der Waals surface area (Å²) < 4.78 is 19.5. The van der Waals surface area contributed by atoms with Gasteiger partial charge in [-0.15, -0.1) is 0 Å². The van der Waals surface area contributed by atoms with Gasteiger partial charge in [0.15, 0.2) is 5.78 Å². The van der Waals surface area contributed by atoms with Crippen molar-refractivity contribution in [2.45, 2.75) is 0 Å². The van der Waals surface area contributed by atoms with E-state index in [1.807, 2.05) is 0 Å². The second-order valence-corrected chi connectivity index (χ2v) is 4.56. The summed E-state index contributed by atoms with van der Waals surface area (Å²) in [6, 6.07) is 4.73. The van der Waals surface area contributed by atoms with E-state index in [1.165, 1.54) is 30.4 Å². The van der Waals surface area contributed by atoms with Gasteiger partial charge in [-0.05, 0) is 18.2 Å². The maximum absolute atomic E-state index is 13.3. The minimum Gasteiger partial charge on any atom is -0.507 e. The number of halogens is 1. The van der Waals surface area contributed by atoms with Crippen LogP contribution >= 0.6 is 0 Å². The lowest BCUT2D eigenvalue weighted by Crippen LogP contribution is -2.03. The van der Waals surface area contributed by atoms with Crippen LogP contribution in [0.5, 0.6) is 11.6 Å². The van der Waals surface area contributed by atoms with Gasteiger partial charge < -0.3 is 9.84 Å². The molecule has 0 bridgehead atoms. The number of benzene rings is 1. The highest BCUT2D eigenvalue weighted by Crippen LogP contribution is 2.21. The minimum absolute atomic E-state index is 0.142. The van der Waals surface area contributed by atoms with E-state index in [2.05, 4.69) is 15.1 Å². The highest BCUT2D eigenvalue weighted by atomic mass is 19.1. The molecular formula is C15H11FN4O3. The van der Waals surface area contributed by atoms with Crippen LogP contribution in [0.2, 0.25) is 0 Å². The van der Waals surface area contributed by atoms with Crippen LogP contribution in [0.4, 0.5) is 4.39 Å². The lowest BCUT2D eigenvalue weighted by Gasteiger charge is -2.02. The van der Waals surface area contributed by atoms with Crippen molar-refractivity contribution in [2.24, 2.45) is 0 Å². The minimum atomic E-state index is -0.616. The van der Waals surface area contributed by atoms with E-state index < -0.39 is 11.6 Å². The van der Waals surface area contributed by atoms with Crippen molar-refractivity contribution in [1.82, 2.24) is 19.7 Å². The molecule has 0 spiro atoms. The molecule has 0 radical (unpaired) electrons. The lowest BCUT2D eigenvalue weighted by atomic mass is 10.1. The maximum atomic E-state index is 13.3. The molecular weight excluding hydrogens is 303 g/mol. The Morgan fingerprint density at radius 2 is 2.17 bits per heavy atom. The number of methoxy groups -OCH3 is 1. The Bertz CT molecular complexity index is 879. The molecule has 2 aromatic heterocycles. The second-order valence-electron chi connectivity index (χ2n) is 4.56. The van der Waals surface area contributed by atoms with Gasteiger partial charge >= 0.3 is 0 Å². The van der Waals surface area contributed by atoms with Gasteiger partial charge in [-0.3, -0.25) is 4.79 Å². The number of phenolic OH excluding ortho intramolecular Hbond substituents is 1. The van der Waals surface area contributed by atoms with Gasteiger partial charge in [0.25, 0.3) is 5.95 Å². The summed E-state index contributed by atoms with van der Waals surface area (Å²) >= 11 is 0. The Balaban J connectivity index is 1.95. The van der Waals surface area contributed by atoms with Gasteiger partial charge in [0.05, 0.1) is 24.4 Å². The summed E-state index contributed by atoms with van der Waals surface area (Å²) in [5, 5.41) is 13.7. The summed E-state index contributed by atoms with van der Waals surface area (Å²) in [6.45, 7) is 0. The quantitative estimate of drug-likeness (QED) is 0.738. The molecule has 0 atom stereocenters. The molecule has 3 rings (SSSR count). The van der Waals surface area contributed by atoms with Gasteiger partial charge in [-0.2, -0.15) is 10.1 Å². The first-order chi connectivity index (χ1) is 11.1. The van der Waals surface area contributed by atoms with E-state index in [9.17, 15) is 14.3 Å². The van der Waals surface area contributed by atoms with E-state index in [4.69, 9.17) is 4.74 Å². The van der Waals surface area contributed by atoms with Gasteiger partial charge in [-0.1, -0.05) is 0 Å². The van der Waals surface area contributed by atoms with Crippen molar-refractivity contribution in [3.63, 3.8) is 0 Å². The maximum Gasteiger partial charge on any atom is 0.253 e. The summed E-state index contributed by atoms with van der Waals surface area (Å²) in [4.78, 5) is 20.4. The molecule has 0 saturated heterocycles. The topological polar surface area (TPSA) is 90.1 Å². The molecule has 0 amide bonds. The van der Waals surface area contributed by atoms with Crippen LogP contribution < -0.4 is 4.74 Å². The molecule has 3 aromatic rings. The molecule has 0 aliphatic carbocycles. The van der Waals surface area contributed by atoms with Gasteiger partial charge in [0.2, 0.25) is 5.88 Å². The summed E-state index contributed by atoms with van der Waals surface area (Å²) in [6.07, 6.45) is 4.17. The molecule has 1 aromatic carbocycles. The predicted molar refractivity (Wildman–Crippen MR) is 77.2 cm³/mol. The van der Waals surface area contributed by atoms with Gasteiger partial charge in [-0.25, -0.2) is 14.1 Å². The molecule has 7 nitrogen and oxygen atoms in total. The standard InChI is InChI=1S/C15H11FN4O3/c1-23-13-4-5-17-15(19-13)20-8-9(7-18-20)14(22)11-6-10(16)2-3-12(11)21/h2-8,21H,1H3. The van der Waals surface area contributed by atoms with Crippen molar-refractivity contribution < 1.29 is 19.0 Å². The molecule has 116 valence electrons. The largest absolute Gasteiger partial charge is 0.507 e. The molecule has 0 fully saturated rings. The van der Waals surface area contributed by atoms with Gasteiger partial charge in [0, 0.05) is 18.5 Å². The number of rotatable bonds is 4. The van der Waals surface area contributed by atoms with Crippen LogP contribution in [0, 0.1) is 5.82 Å². The monoisotopic (exact) mass is 314 g/mol. The van der Waals surface area contributed by atoms with E-state index in [-0.39, 0.29) is 22.8 Å². The zero-order valence-electron chi connectivity index (χ0n) is 12.0. The average Bonchev–Trinajstić information content (AvgIpc) is 3.06. The first-order valence-electron chi connectivity index (χ1n) is 6.54. The zero-order valence-corrected chi connectivity index (χ0v) is 12.0. The lowest BCUT2D eigenvalue weighted by molar-refractivity contribution is 0.103. The molecule has 0 unspecified atom stereocenters. The van der Waals surface area contributed by atoms with E-state index in [0.717, 1.165) is 18.2 Å². The third-order valence-electron chi connectivity index (χ3n) is 3.08. The Morgan fingerprint density at radius 3 is 2.96 bits per heavy atom. The van der Waals surface area contributed by atoms with Crippen molar-refractivity contribution in [1.29, 1.82) is 0 Å². The number of phenols is 1. The molecule has 1 N–H and O–H groups in total. The fourth-order valence-electron chi connectivity index (χ4n) is 1.95. The number of ketones is 1. The Kier molecular flexibility index (Phi) is 3.71. The summed E-state index contributed by atoms with van der Waals surface area (Å²) in [5.41, 5.74) is 0.0217. The van der Waals surface area contributed by atoms with Crippen molar-refractivity contribution >= 4 is 5.78 Å². The van der Waals surface area contributed by atoms with Crippen LogP contribution in [0.15, 0.2) is 42.9 Å². The van der Waals surface area contributed by atoms with Crippen LogP contribution in [0.3, 0.4) is 0 Å². The number of carbonyl (C=O) groups excluding carboxylic acids is 1. The van der Waals surface area contributed by atoms with Crippen molar-refractivity contribution in [3.05, 3.63) is 59.8 Å². The number of hydrogen-bond acceptors (Lipinski definition) is 6. The fraction of sp³-hybridized carbons (Fsp3) is 0.0667. The van der Waals surface area contributed by atoms with Crippen LogP contribution in [-0.4, -0.2) is 37.7 Å². The average molecular weight is 314 g/mol. The number of aromatic nitrogens is 4. The predicted octanol–water partition coefficient (Wildman–Crippen LogP) is 1.75. The van der Waals surface area contributed by atoms with Gasteiger partial charge in [0.1, 0.15) is 11.6 Å². The van der Waals surface area contributed by atoms with Crippen LogP contribution in [0.1, 0.15) is 15.9 Å². The molecule has 0 aliphatic rings. The fourth-order valence-corrected chi connectivity index (χ4v) is 1.95. The highest BCUT2D eigenvalue weighted by Gasteiger charge is 2.17. The van der Waals surface area contributed by atoms with Crippen molar-refractivity contribution in [3.8, 4) is 17.6 Å². The third-order valence-corrected chi connectivity index (χ3v) is 3.08. The highest BCUT2D eigenvalue weighted by molar-refractivity contribution is 6.10. The molecule has 0 aliphatic heterocycles. The summed E-state index contributed by atoms with van der Waals surface area (Å²) in [7, 11) is 1.47. The number of hydrogen-bond donors (Lipinski definition) is 1. The smallest absolute Gasteiger partial charge is 0.253 e. The molecule has 23 heavy (non-hydrogen) atoms. The Morgan fingerprint density at radius 1 is 1.35 bits per heavy atom. The van der Waals surface area contributed by atoms with E-state index in [1.54, 1.807) is 6.07 Å². The number of aromatic hydroxyl groups is 1. The first kappa shape index (κ1) is 14.6. The summed E-state index contributed by atoms with van der Waals surface area (Å²) in [5.74, 6) is -0.916.